The second-order valence-electron chi connectivity index (χ2n) is 5.48. The molecule has 0 bridgehead atoms. The first-order valence-corrected chi connectivity index (χ1v) is 7.99. The fourth-order valence-corrected chi connectivity index (χ4v) is 2.74. The van der Waals surface area contributed by atoms with E-state index in [1.54, 1.807) is 18.2 Å². The van der Waals surface area contributed by atoms with Crippen LogP contribution in [0.4, 0.5) is 11.4 Å². The molecule has 3 aromatic carbocycles. The Bertz CT molecular complexity index is 795. The third-order valence-electron chi connectivity index (χ3n) is 3.79. The van der Waals surface area contributed by atoms with Gasteiger partial charge in [0.25, 0.3) is 0 Å². The van der Waals surface area contributed by atoms with E-state index in [9.17, 15) is 4.79 Å². The SMILES string of the molecule is Nc1cc(NC(=O)C(c2ccccc2)c2ccccc2)ccc1Cl. The molecule has 0 heterocycles. The Morgan fingerprint density at radius 1 is 0.875 bits per heavy atom. The Kier molecular flexibility index (Phi) is 4.82. The minimum absolute atomic E-state index is 0.117. The minimum Gasteiger partial charge on any atom is -0.397 e. The lowest BCUT2D eigenvalue weighted by Gasteiger charge is -2.18. The average molecular weight is 337 g/mol. The van der Waals surface area contributed by atoms with Crippen LogP contribution in [0.25, 0.3) is 0 Å². The second-order valence-corrected chi connectivity index (χ2v) is 5.89. The van der Waals surface area contributed by atoms with E-state index in [4.69, 9.17) is 17.3 Å². The second kappa shape index (κ2) is 7.20. The number of hydrogen-bond donors (Lipinski definition) is 2. The summed E-state index contributed by atoms with van der Waals surface area (Å²) in [5.41, 5.74) is 8.74. The number of nitrogens with one attached hydrogen (secondary N) is 1. The van der Waals surface area contributed by atoms with Gasteiger partial charge in [0.2, 0.25) is 5.91 Å². The van der Waals surface area contributed by atoms with E-state index in [0.29, 0.717) is 16.4 Å². The monoisotopic (exact) mass is 336 g/mol. The van der Waals surface area contributed by atoms with Crippen molar-refractivity contribution in [3.05, 3.63) is 95.0 Å². The molecule has 3 nitrogen and oxygen atoms in total. The number of nitrogens with two attached hydrogens (primary N) is 1. The number of halogens is 1. The van der Waals surface area contributed by atoms with Crippen LogP contribution in [-0.2, 0) is 4.79 Å². The molecule has 0 aliphatic rings. The van der Waals surface area contributed by atoms with Crippen molar-refractivity contribution in [2.45, 2.75) is 5.92 Å². The summed E-state index contributed by atoms with van der Waals surface area (Å²) in [6, 6.07) is 24.5. The third-order valence-corrected chi connectivity index (χ3v) is 4.14. The van der Waals surface area contributed by atoms with E-state index in [1.165, 1.54) is 0 Å². The van der Waals surface area contributed by atoms with Gasteiger partial charge in [-0.05, 0) is 29.3 Å². The molecule has 3 N–H and O–H groups in total. The van der Waals surface area contributed by atoms with Crippen molar-refractivity contribution in [1.82, 2.24) is 0 Å². The van der Waals surface area contributed by atoms with Crippen LogP contribution in [0.3, 0.4) is 0 Å². The molecule has 0 aliphatic carbocycles. The van der Waals surface area contributed by atoms with Crippen LogP contribution in [0.2, 0.25) is 5.02 Å². The van der Waals surface area contributed by atoms with Crippen molar-refractivity contribution in [3.8, 4) is 0 Å². The Labute approximate surface area is 146 Å². The van der Waals surface area contributed by atoms with Crippen molar-refractivity contribution >= 4 is 28.9 Å². The molecule has 3 rings (SSSR count). The van der Waals surface area contributed by atoms with Gasteiger partial charge in [-0.3, -0.25) is 4.79 Å². The van der Waals surface area contributed by atoms with Crippen LogP contribution < -0.4 is 11.1 Å². The van der Waals surface area contributed by atoms with Gasteiger partial charge in [-0.25, -0.2) is 0 Å². The predicted octanol–water partition coefficient (Wildman–Crippen LogP) is 4.69. The van der Waals surface area contributed by atoms with Crippen molar-refractivity contribution < 1.29 is 4.79 Å². The van der Waals surface area contributed by atoms with E-state index in [0.717, 1.165) is 11.1 Å². The van der Waals surface area contributed by atoms with E-state index in [-0.39, 0.29) is 5.91 Å². The summed E-state index contributed by atoms with van der Waals surface area (Å²) in [4.78, 5) is 12.9. The Hall–Kier alpha value is -2.78. The molecular weight excluding hydrogens is 320 g/mol. The highest BCUT2D eigenvalue weighted by Crippen LogP contribution is 2.28. The van der Waals surface area contributed by atoms with E-state index >= 15 is 0 Å². The molecule has 24 heavy (non-hydrogen) atoms. The predicted molar refractivity (Wildman–Crippen MR) is 99.2 cm³/mol. The average Bonchev–Trinajstić information content (AvgIpc) is 2.60. The quantitative estimate of drug-likeness (QED) is 0.679. The maximum absolute atomic E-state index is 12.9. The van der Waals surface area contributed by atoms with Gasteiger partial charge >= 0.3 is 0 Å². The van der Waals surface area contributed by atoms with E-state index in [2.05, 4.69) is 5.32 Å². The first-order valence-electron chi connectivity index (χ1n) is 7.61. The summed E-state index contributed by atoms with van der Waals surface area (Å²) in [5, 5.41) is 3.40. The van der Waals surface area contributed by atoms with Crippen LogP contribution in [0.1, 0.15) is 17.0 Å². The van der Waals surface area contributed by atoms with Gasteiger partial charge in [0.1, 0.15) is 0 Å². The fourth-order valence-electron chi connectivity index (χ4n) is 2.62. The molecule has 0 aromatic heterocycles. The smallest absolute Gasteiger partial charge is 0.236 e. The van der Waals surface area contributed by atoms with Gasteiger partial charge in [-0.1, -0.05) is 72.3 Å². The Balaban J connectivity index is 1.93. The molecule has 0 spiro atoms. The molecule has 0 fully saturated rings. The first kappa shape index (κ1) is 16.1. The highest BCUT2D eigenvalue weighted by molar-refractivity contribution is 6.33. The molecule has 3 aromatic rings. The lowest BCUT2D eigenvalue weighted by Crippen LogP contribution is -2.22. The fraction of sp³-hybridized carbons (Fsp3) is 0.0500. The summed E-state index contributed by atoms with van der Waals surface area (Å²) >= 11 is 5.93. The number of carbonyl (C=O) groups is 1. The summed E-state index contributed by atoms with van der Waals surface area (Å²) in [7, 11) is 0. The number of hydrogen-bond acceptors (Lipinski definition) is 2. The standard InChI is InChI=1S/C20H17ClN2O/c21-17-12-11-16(13-18(17)22)23-20(24)19(14-7-3-1-4-8-14)15-9-5-2-6-10-15/h1-13,19H,22H2,(H,23,24). The van der Waals surface area contributed by atoms with Crippen molar-refractivity contribution in [2.24, 2.45) is 0 Å². The summed E-state index contributed by atoms with van der Waals surface area (Å²) in [6.45, 7) is 0. The van der Waals surface area contributed by atoms with Gasteiger partial charge in [-0.2, -0.15) is 0 Å². The molecule has 0 radical (unpaired) electrons. The van der Waals surface area contributed by atoms with Crippen LogP contribution in [0.5, 0.6) is 0 Å². The Morgan fingerprint density at radius 2 is 1.42 bits per heavy atom. The number of benzene rings is 3. The summed E-state index contributed by atoms with van der Waals surface area (Å²) < 4.78 is 0. The van der Waals surface area contributed by atoms with Crippen LogP contribution in [0.15, 0.2) is 78.9 Å². The highest BCUT2D eigenvalue weighted by atomic mass is 35.5. The number of amides is 1. The maximum Gasteiger partial charge on any atom is 0.236 e. The molecule has 1 amide bonds. The number of anilines is 2. The normalized spacial score (nSPS) is 10.6. The van der Waals surface area contributed by atoms with Gasteiger partial charge < -0.3 is 11.1 Å². The summed E-state index contributed by atoms with van der Waals surface area (Å²) in [6.07, 6.45) is 0. The topological polar surface area (TPSA) is 55.1 Å². The number of nitrogen functional groups attached to an aromatic ring is 1. The van der Waals surface area contributed by atoms with Crippen LogP contribution in [-0.4, -0.2) is 5.91 Å². The minimum atomic E-state index is -0.399. The molecule has 0 saturated heterocycles. The van der Waals surface area contributed by atoms with Crippen molar-refractivity contribution in [1.29, 1.82) is 0 Å². The maximum atomic E-state index is 12.9. The number of carbonyl (C=O) groups excluding carboxylic acids is 1. The zero-order valence-corrected chi connectivity index (χ0v) is 13.7. The zero-order valence-electron chi connectivity index (χ0n) is 12.9. The molecule has 0 saturated carbocycles. The van der Waals surface area contributed by atoms with E-state index in [1.807, 2.05) is 60.7 Å². The Morgan fingerprint density at radius 3 is 1.92 bits per heavy atom. The molecule has 0 aliphatic heterocycles. The third kappa shape index (κ3) is 3.58. The highest BCUT2D eigenvalue weighted by Gasteiger charge is 2.22. The lowest BCUT2D eigenvalue weighted by atomic mass is 9.90. The molecule has 4 heteroatoms. The van der Waals surface area contributed by atoms with Gasteiger partial charge in [0, 0.05) is 5.69 Å². The summed E-state index contributed by atoms with van der Waals surface area (Å²) in [5.74, 6) is -0.515. The van der Waals surface area contributed by atoms with Gasteiger partial charge in [0.05, 0.1) is 16.6 Å². The molecule has 120 valence electrons. The molecular formula is C20H17ClN2O. The van der Waals surface area contributed by atoms with Crippen LogP contribution in [0, 0.1) is 0 Å². The molecule has 0 atom stereocenters. The van der Waals surface area contributed by atoms with E-state index < -0.39 is 5.92 Å². The van der Waals surface area contributed by atoms with Crippen molar-refractivity contribution in [2.75, 3.05) is 11.1 Å². The largest absolute Gasteiger partial charge is 0.397 e. The van der Waals surface area contributed by atoms with Gasteiger partial charge in [0.15, 0.2) is 0 Å². The molecule has 0 unspecified atom stereocenters. The lowest BCUT2D eigenvalue weighted by molar-refractivity contribution is -0.116. The first-order chi connectivity index (χ1) is 11.6. The zero-order chi connectivity index (χ0) is 16.9. The van der Waals surface area contributed by atoms with Crippen molar-refractivity contribution in [3.63, 3.8) is 0 Å². The van der Waals surface area contributed by atoms with Crippen LogP contribution >= 0.6 is 11.6 Å². The number of rotatable bonds is 4. The van der Waals surface area contributed by atoms with Gasteiger partial charge in [-0.15, -0.1) is 0 Å².